The Morgan fingerprint density at radius 2 is 2.38 bits per heavy atom. The van der Waals surface area contributed by atoms with Crippen molar-refractivity contribution in [1.29, 1.82) is 0 Å². The fourth-order valence-corrected chi connectivity index (χ4v) is 0.564. The van der Waals surface area contributed by atoms with Gasteiger partial charge in [0.05, 0.1) is 0 Å². The number of rotatable bonds is 3. The van der Waals surface area contributed by atoms with Crippen molar-refractivity contribution in [2.45, 2.75) is 19.8 Å². The molecular weight excluding hydrogens is 220 g/mol. The van der Waals surface area contributed by atoms with E-state index in [4.69, 9.17) is 0 Å². The van der Waals surface area contributed by atoms with E-state index in [-0.39, 0.29) is 4.02 Å². The van der Waals surface area contributed by atoms with Crippen molar-refractivity contribution < 1.29 is 9.53 Å². The Hall–Kier alpha value is 0.260. The van der Waals surface area contributed by atoms with E-state index >= 15 is 0 Å². The average molecular weight is 230 g/mol. The fourth-order valence-electron chi connectivity index (χ4n) is 0.304. The normalized spacial score (nSPS) is 8.75. The molecule has 2 nitrogen and oxygen atoms in total. The van der Waals surface area contributed by atoms with Crippen molar-refractivity contribution in [3.05, 3.63) is 0 Å². The van der Waals surface area contributed by atoms with Crippen molar-refractivity contribution in [3.8, 4) is 0 Å². The molecule has 0 fully saturated rings. The van der Waals surface area contributed by atoms with Crippen molar-refractivity contribution in [2.75, 3.05) is 6.61 Å². The summed E-state index contributed by atoms with van der Waals surface area (Å²) < 4.78 is 4.53. The molecule has 0 bridgehead atoms. The third-order valence-corrected chi connectivity index (χ3v) is 1.09. The molecule has 0 N–H and O–H groups in total. The molecule has 0 radical (unpaired) electrons. The Kier molecular flexibility index (Phi) is 5.57. The third kappa shape index (κ3) is 6.26. The molecule has 0 unspecified atom stereocenters. The summed E-state index contributed by atoms with van der Waals surface area (Å²) in [5, 5.41) is 0. The van der Waals surface area contributed by atoms with E-state index < -0.39 is 0 Å². The molecule has 0 atom stereocenters. The van der Waals surface area contributed by atoms with Crippen molar-refractivity contribution >= 4 is 26.3 Å². The molecule has 0 rings (SSSR count). The Labute approximate surface area is 62.5 Å². The van der Waals surface area contributed by atoms with Crippen LogP contribution in [0.4, 0.5) is 4.79 Å². The molecule has 0 aliphatic heterocycles. The predicted octanol–water partition coefficient (Wildman–Crippen LogP) is 0.824. The van der Waals surface area contributed by atoms with Gasteiger partial charge < -0.3 is 0 Å². The van der Waals surface area contributed by atoms with Crippen LogP contribution in [0.1, 0.15) is 19.8 Å². The van der Waals surface area contributed by atoms with Crippen LogP contribution in [0.15, 0.2) is 0 Å². The first kappa shape index (κ1) is 8.26. The average Bonchev–Trinajstić information content (AvgIpc) is 1.66. The Bertz CT molecular complexity index is 72.8. The molecule has 0 saturated heterocycles. The van der Waals surface area contributed by atoms with Crippen LogP contribution in [0, 0.1) is 0 Å². The molecule has 0 spiro atoms. The van der Waals surface area contributed by atoms with Crippen LogP contribution in [-0.2, 0) is 4.74 Å². The molecule has 8 heavy (non-hydrogen) atoms. The fraction of sp³-hybridized carbons (Fsp3) is 0.800. The zero-order valence-corrected chi connectivity index (χ0v) is 7.44. The van der Waals surface area contributed by atoms with E-state index in [2.05, 4.69) is 11.7 Å². The van der Waals surface area contributed by atoms with E-state index in [0.717, 1.165) is 35.1 Å². The Balaban J connectivity index is 2.82. The second kappa shape index (κ2) is 5.40. The van der Waals surface area contributed by atoms with Crippen LogP contribution in [0.25, 0.3) is 0 Å². The number of carbonyl (C=O) groups excluding carboxylic acids is 1. The van der Waals surface area contributed by atoms with E-state index in [1.807, 2.05) is 0 Å². The van der Waals surface area contributed by atoms with Crippen LogP contribution >= 0.6 is 0 Å². The van der Waals surface area contributed by atoms with Gasteiger partial charge in [-0.2, -0.15) is 0 Å². The maximum absolute atomic E-state index is 10.1. The molecule has 48 valence electrons. The van der Waals surface area contributed by atoms with Gasteiger partial charge in [0.25, 0.3) is 0 Å². The standard InChI is InChI=1S/C5H10O2Te/c1-2-3-4-7-5(6)8/h2-4H2,1H3,(H,6,8). The molecule has 0 aliphatic rings. The number of carbonyl (C=O) groups is 1. The van der Waals surface area contributed by atoms with E-state index in [9.17, 15) is 4.79 Å². The number of unbranched alkanes of at least 4 members (excludes halogenated alkanes) is 1. The second-order valence-electron chi connectivity index (χ2n) is 1.47. The summed E-state index contributed by atoms with van der Waals surface area (Å²) in [5.41, 5.74) is 0. The summed E-state index contributed by atoms with van der Waals surface area (Å²) >= 11 is 1.10. The Morgan fingerprint density at radius 1 is 1.75 bits per heavy atom. The molecule has 0 aromatic rings. The van der Waals surface area contributed by atoms with E-state index in [1.54, 1.807) is 0 Å². The summed E-state index contributed by atoms with van der Waals surface area (Å²) in [7, 11) is 0. The van der Waals surface area contributed by atoms with Gasteiger partial charge in [-0.25, -0.2) is 0 Å². The van der Waals surface area contributed by atoms with Crippen LogP contribution in [0.5, 0.6) is 0 Å². The monoisotopic (exact) mass is 232 g/mol. The molecule has 0 aromatic heterocycles. The minimum absolute atomic E-state index is 0.132. The zero-order valence-electron chi connectivity index (χ0n) is 4.89. The molecular formula is C5H10O2Te. The first-order valence-electron chi connectivity index (χ1n) is 2.63. The van der Waals surface area contributed by atoms with Crippen molar-refractivity contribution in [1.82, 2.24) is 0 Å². The van der Waals surface area contributed by atoms with Gasteiger partial charge in [-0.1, -0.05) is 0 Å². The van der Waals surface area contributed by atoms with E-state index in [0.29, 0.717) is 6.61 Å². The molecule has 0 saturated carbocycles. The van der Waals surface area contributed by atoms with Gasteiger partial charge in [0, 0.05) is 0 Å². The van der Waals surface area contributed by atoms with Gasteiger partial charge in [0.15, 0.2) is 0 Å². The summed E-state index contributed by atoms with van der Waals surface area (Å²) in [6.07, 6.45) is 2.06. The maximum atomic E-state index is 10.1. The SMILES string of the molecule is CCCCOC(=O)[TeH]. The third-order valence-electron chi connectivity index (χ3n) is 0.723. The molecule has 0 aromatic carbocycles. The number of hydrogen-bond acceptors (Lipinski definition) is 2. The second-order valence-corrected chi connectivity index (χ2v) is 2.51. The van der Waals surface area contributed by atoms with Gasteiger partial charge in [-0.15, -0.1) is 0 Å². The van der Waals surface area contributed by atoms with E-state index in [1.165, 1.54) is 0 Å². The minimum atomic E-state index is -0.132. The van der Waals surface area contributed by atoms with Gasteiger partial charge in [0.2, 0.25) is 0 Å². The number of ether oxygens (including phenoxy) is 1. The van der Waals surface area contributed by atoms with Gasteiger partial charge in [-0.3, -0.25) is 0 Å². The first-order valence-corrected chi connectivity index (χ1v) is 3.90. The number of hydrogen-bond donors (Lipinski definition) is 0. The quantitative estimate of drug-likeness (QED) is 0.529. The predicted molar refractivity (Wildman–Crippen MR) is 33.4 cm³/mol. The molecule has 0 heterocycles. The van der Waals surface area contributed by atoms with Crippen molar-refractivity contribution in [2.24, 2.45) is 0 Å². The van der Waals surface area contributed by atoms with Gasteiger partial charge in [-0.05, 0) is 0 Å². The first-order chi connectivity index (χ1) is 3.77. The molecule has 0 amide bonds. The molecule has 0 aliphatic carbocycles. The van der Waals surface area contributed by atoms with Crippen LogP contribution in [-0.4, -0.2) is 32.9 Å². The summed E-state index contributed by atoms with van der Waals surface area (Å²) in [6.45, 7) is 2.65. The van der Waals surface area contributed by atoms with Crippen LogP contribution in [0.2, 0.25) is 0 Å². The van der Waals surface area contributed by atoms with Crippen LogP contribution < -0.4 is 0 Å². The topological polar surface area (TPSA) is 26.3 Å². The Morgan fingerprint density at radius 3 is 2.75 bits per heavy atom. The van der Waals surface area contributed by atoms with Gasteiger partial charge in [0.1, 0.15) is 0 Å². The zero-order chi connectivity index (χ0) is 6.41. The molecule has 3 heteroatoms. The summed E-state index contributed by atoms with van der Waals surface area (Å²) in [4.78, 5) is 10.1. The van der Waals surface area contributed by atoms with Crippen LogP contribution in [0.3, 0.4) is 0 Å². The van der Waals surface area contributed by atoms with Gasteiger partial charge >= 0.3 is 62.2 Å². The van der Waals surface area contributed by atoms with Crippen molar-refractivity contribution in [3.63, 3.8) is 0 Å². The summed E-state index contributed by atoms with van der Waals surface area (Å²) in [5.74, 6) is 0. The summed E-state index contributed by atoms with van der Waals surface area (Å²) in [6, 6.07) is 0.